The van der Waals surface area contributed by atoms with E-state index in [1.165, 1.54) is 6.26 Å². The predicted octanol–water partition coefficient (Wildman–Crippen LogP) is 1.58. The van der Waals surface area contributed by atoms with Crippen molar-refractivity contribution in [1.29, 1.82) is 0 Å². The largest absolute Gasteiger partial charge is 0.481 e. The molecule has 0 aliphatic carbocycles. The molecule has 6 heteroatoms. The number of carboxylic acids is 1. The SMILES string of the molecule is CCCC(CNC(=O)NCc1ccco1)C(=O)O. The molecule has 0 aliphatic rings. The van der Waals surface area contributed by atoms with Gasteiger partial charge in [0.15, 0.2) is 0 Å². The van der Waals surface area contributed by atoms with Crippen LogP contribution in [0.25, 0.3) is 0 Å². The van der Waals surface area contributed by atoms with Gasteiger partial charge in [-0.2, -0.15) is 0 Å². The number of furan rings is 1. The van der Waals surface area contributed by atoms with Gasteiger partial charge >= 0.3 is 12.0 Å². The fourth-order valence-corrected chi connectivity index (χ4v) is 1.52. The van der Waals surface area contributed by atoms with Crippen LogP contribution in [0.2, 0.25) is 0 Å². The van der Waals surface area contributed by atoms with Crippen molar-refractivity contribution in [3.8, 4) is 0 Å². The van der Waals surface area contributed by atoms with Gasteiger partial charge in [0.1, 0.15) is 5.76 Å². The molecular weight excluding hydrogens is 236 g/mol. The third kappa shape index (κ3) is 4.90. The molecule has 0 saturated heterocycles. The zero-order chi connectivity index (χ0) is 13.4. The minimum atomic E-state index is -0.886. The first-order chi connectivity index (χ1) is 8.63. The number of carbonyl (C=O) groups is 2. The summed E-state index contributed by atoms with van der Waals surface area (Å²) in [6, 6.07) is 3.09. The molecule has 1 aromatic rings. The van der Waals surface area contributed by atoms with E-state index in [9.17, 15) is 9.59 Å². The van der Waals surface area contributed by atoms with E-state index >= 15 is 0 Å². The van der Waals surface area contributed by atoms with Gasteiger partial charge in [-0.3, -0.25) is 4.79 Å². The van der Waals surface area contributed by atoms with Crippen molar-refractivity contribution in [1.82, 2.24) is 10.6 Å². The number of hydrogen-bond acceptors (Lipinski definition) is 3. The number of urea groups is 1. The predicted molar refractivity (Wildman–Crippen MR) is 65.0 cm³/mol. The molecule has 1 rings (SSSR count). The number of carbonyl (C=O) groups excluding carboxylic acids is 1. The highest BCUT2D eigenvalue weighted by Crippen LogP contribution is 2.05. The Morgan fingerprint density at radius 1 is 1.44 bits per heavy atom. The lowest BCUT2D eigenvalue weighted by Gasteiger charge is -2.12. The van der Waals surface area contributed by atoms with Gasteiger partial charge in [0.2, 0.25) is 0 Å². The summed E-state index contributed by atoms with van der Waals surface area (Å²) in [6.45, 7) is 2.32. The maximum atomic E-state index is 11.4. The highest BCUT2D eigenvalue weighted by molar-refractivity contribution is 5.75. The number of rotatable bonds is 7. The number of carboxylic acid groups (broad SMARTS) is 1. The Hall–Kier alpha value is -1.98. The van der Waals surface area contributed by atoms with Crippen molar-refractivity contribution in [2.45, 2.75) is 26.3 Å². The molecule has 0 aromatic carbocycles. The second-order valence-corrected chi connectivity index (χ2v) is 3.97. The van der Waals surface area contributed by atoms with Gasteiger partial charge in [0, 0.05) is 6.54 Å². The Labute approximate surface area is 105 Å². The summed E-state index contributed by atoms with van der Waals surface area (Å²) < 4.78 is 5.05. The van der Waals surface area contributed by atoms with Crippen molar-refractivity contribution < 1.29 is 19.1 Å². The minimum Gasteiger partial charge on any atom is -0.481 e. The maximum Gasteiger partial charge on any atom is 0.315 e. The number of hydrogen-bond donors (Lipinski definition) is 3. The van der Waals surface area contributed by atoms with Crippen molar-refractivity contribution in [3.63, 3.8) is 0 Å². The quantitative estimate of drug-likeness (QED) is 0.689. The molecule has 2 amide bonds. The van der Waals surface area contributed by atoms with E-state index in [0.29, 0.717) is 12.2 Å². The molecule has 100 valence electrons. The summed E-state index contributed by atoms with van der Waals surface area (Å²) >= 11 is 0. The molecule has 1 aromatic heterocycles. The normalized spacial score (nSPS) is 11.8. The summed E-state index contributed by atoms with van der Waals surface area (Å²) in [5.74, 6) is -0.777. The topological polar surface area (TPSA) is 91.6 Å². The molecule has 0 saturated carbocycles. The summed E-state index contributed by atoms with van der Waals surface area (Å²) in [5, 5.41) is 14.0. The van der Waals surface area contributed by atoms with E-state index in [0.717, 1.165) is 6.42 Å². The smallest absolute Gasteiger partial charge is 0.315 e. The first-order valence-electron chi connectivity index (χ1n) is 5.90. The number of aliphatic carboxylic acids is 1. The molecule has 0 bridgehead atoms. The van der Waals surface area contributed by atoms with E-state index in [2.05, 4.69) is 10.6 Å². The molecule has 6 nitrogen and oxygen atoms in total. The molecule has 0 spiro atoms. The van der Waals surface area contributed by atoms with Crippen molar-refractivity contribution in [2.24, 2.45) is 5.92 Å². The van der Waals surface area contributed by atoms with E-state index < -0.39 is 17.9 Å². The highest BCUT2D eigenvalue weighted by atomic mass is 16.4. The summed E-state index contributed by atoms with van der Waals surface area (Å²) in [4.78, 5) is 22.3. The second kappa shape index (κ2) is 7.37. The minimum absolute atomic E-state index is 0.132. The summed E-state index contributed by atoms with van der Waals surface area (Å²) in [7, 11) is 0. The van der Waals surface area contributed by atoms with E-state index in [4.69, 9.17) is 9.52 Å². The molecular formula is C12H18N2O4. The molecule has 0 radical (unpaired) electrons. The molecule has 0 aliphatic heterocycles. The van der Waals surface area contributed by atoms with Gasteiger partial charge in [-0.15, -0.1) is 0 Å². The van der Waals surface area contributed by atoms with Crippen LogP contribution >= 0.6 is 0 Å². The van der Waals surface area contributed by atoms with Gasteiger partial charge in [-0.05, 0) is 18.6 Å². The van der Waals surface area contributed by atoms with Gasteiger partial charge in [-0.1, -0.05) is 13.3 Å². The Morgan fingerprint density at radius 2 is 2.22 bits per heavy atom. The molecule has 1 atom stereocenters. The van der Waals surface area contributed by atoms with E-state index in [1.54, 1.807) is 12.1 Å². The first kappa shape index (κ1) is 14.1. The Morgan fingerprint density at radius 3 is 2.78 bits per heavy atom. The Bertz CT molecular complexity index is 375. The molecule has 1 unspecified atom stereocenters. The lowest BCUT2D eigenvalue weighted by Crippen LogP contribution is -2.39. The first-order valence-corrected chi connectivity index (χ1v) is 5.90. The second-order valence-electron chi connectivity index (χ2n) is 3.97. The van der Waals surface area contributed by atoms with Crippen LogP contribution in [-0.4, -0.2) is 23.7 Å². The average molecular weight is 254 g/mol. The van der Waals surface area contributed by atoms with E-state index in [1.807, 2.05) is 6.92 Å². The lowest BCUT2D eigenvalue weighted by atomic mass is 10.0. The van der Waals surface area contributed by atoms with Gasteiger partial charge in [0.05, 0.1) is 18.7 Å². The zero-order valence-electron chi connectivity index (χ0n) is 10.3. The van der Waals surface area contributed by atoms with E-state index in [-0.39, 0.29) is 13.1 Å². The summed E-state index contributed by atoms with van der Waals surface area (Å²) in [6.07, 6.45) is 2.84. The van der Waals surface area contributed by atoms with Crippen LogP contribution in [0.5, 0.6) is 0 Å². The van der Waals surface area contributed by atoms with Crippen LogP contribution in [0.15, 0.2) is 22.8 Å². The Kier molecular flexibility index (Phi) is 5.76. The monoisotopic (exact) mass is 254 g/mol. The lowest BCUT2D eigenvalue weighted by molar-refractivity contribution is -0.141. The Balaban J connectivity index is 2.25. The fourth-order valence-electron chi connectivity index (χ4n) is 1.52. The third-order valence-electron chi connectivity index (χ3n) is 2.50. The number of nitrogens with one attached hydrogen (secondary N) is 2. The van der Waals surface area contributed by atoms with Crippen molar-refractivity contribution in [2.75, 3.05) is 6.54 Å². The van der Waals surface area contributed by atoms with Gasteiger partial charge in [0.25, 0.3) is 0 Å². The van der Waals surface area contributed by atoms with Crippen LogP contribution < -0.4 is 10.6 Å². The standard InChI is InChI=1S/C12H18N2O4/c1-2-4-9(11(15)16)7-13-12(17)14-8-10-5-3-6-18-10/h3,5-6,9H,2,4,7-8H2,1H3,(H,15,16)(H2,13,14,17). The molecule has 18 heavy (non-hydrogen) atoms. The summed E-state index contributed by atoms with van der Waals surface area (Å²) in [5.41, 5.74) is 0. The van der Waals surface area contributed by atoms with Crippen molar-refractivity contribution >= 4 is 12.0 Å². The molecule has 0 fully saturated rings. The zero-order valence-corrected chi connectivity index (χ0v) is 10.3. The van der Waals surface area contributed by atoms with Crippen LogP contribution in [0.4, 0.5) is 4.79 Å². The third-order valence-corrected chi connectivity index (χ3v) is 2.50. The van der Waals surface area contributed by atoms with Crippen LogP contribution in [0.1, 0.15) is 25.5 Å². The maximum absolute atomic E-state index is 11.4. The van der Waals surface area contributed by atoms with Crippen LogP contribution in [0.3, 0.4) is 0 Å². The van der Waals surface area contributed by atoms with Crippen LogP contribution in [0, 0.1) is 5.92 Å². The average Bonchev–Trinajstić information content (AvgIpc) is 2.84. The molecule has 1 heterocycles. The fraction of sp³-hybridized carbons (Fsp3) is 0.500. The van der Waals surface area contributed by atoms with Gasteiger partial charge in [-0.25, -0.2) is 4.79 Å². The van der Waals surface area contributed by atoms with Crippen molar-refractivity contribution in [3.05, 3.63) is 24.2 Å². The van der Waals surface area contributed by atoms with Crippen LogP contribution in [-0.2, 0) is 11.3 Å². The number of amides is 2. The molecule has 3 N–H and O–H groups in total. The highest BCUT2D eigenvalue weighted by Gasteiger charge is 2.16. The van der Waals surface area contributed by atoms with Gasteiger partial charge < -0.3 is 20.2 Å².